The minimum absolute atomic E-state index is 0.263. The molecule has 0 aliphatic carbocycles. The van der Waals surface area contributed by atoms with Gasteiger partial charge in [0.05, 0.1) is 12.1 Å². The lowest BCUT2D eigenvalue weighted by atomic mass is 10.1. The lowest BCUT2D eigenvalue weighted by Gasteiger charge is -1.99. The summed E-state index contributed by atoms with van der Waals surface area (Å²) in [5, 5.41) is 10.9. The van der Waals surface area contributed by atoms with Gasteiger partial charge in [-0.25, -0.2) is 4.39 Å². The predicted molar refractivity (Wildman–Crippen MR) is 86.5 cm³/mol. The SMILES string of the molecule is Fc1ccc(Cc2nc(-c3cccc(-c4ccn[nH]4)c3)no2)cc1. The van der Waals surface area contributed by atoms with Gasteiger partial charge in [0.15, 0.2) is 0 Å². The van der Waals surface area contributed by atoms with Gasteiger partial charge in [-0.2, -0.15) is 10.1 Å². The van der Waals surface area contributed by atoms with E-state index in [2.05, 4.69) is 20.3 Å². The number of H-pyrrole nitrogens is 1. The fraction of sp³-hybridized carbons (Fsp3) is 0.0556. The number of halogens is 1. The van der Waals surface area contributed by atoms with Crippen molar-refractivity contribution in [2.45, 2.75) is 6.42 Å². The fourth-order valence-electron chi connectivity index (χ4n) is 2.46. The molecule has 2 aromatic heterocycles. The van der Waals surface area contributed by atoms with Crippen LogP contribution in [0.5, 0.6) is 0 Å². The highest BCUT2D eigenvalue weighted by molar-refractivity contribution is 5.67. The van der Waals surface area contributed by atoms with Crippen LogP contribution in [-0.4, -0.2) is 20.3 Å². The van der Waals surface area contributed by atoms with Crippen LogP contribution in [0.2, 0.25) is 0 Å². The number of nitrogens with zero attached hydrogens (tertiary/aromatic N) is 3. The molecule has 1 N–H and O–H groups in total. The summed E-state index contributed by atoms with van der Waals surface area (Å²) in [6, 6.07) is 16.0. The third-order valence-electron chi connectivity index (χ3n) is 3.67. The van der Waals surface area contributed by atoms with Crippen LogP contribution in [0, 0.1) is 5.82 Å². The third kappa shape index (κ3) is 2.94. The summed E-state index contributed by atoms with van der Waals surface area (Å²) >= 11 is 0. The molecule has 0 aliphatic rings. The van der Waals surface area contributed by atoms with Crippen LogP contribution in [-0.2, 0) is 6.42 Å². The highest BCUT2D eigenvalue weighted by atomic mass is 19.1. The molecule has 0 fully saturated rings. The second-order valence-electron chi connectivity index (χ2n) is 5.37. The Morgan fingerprint density at radius 2 is 1.83 bits per heavy atom. The predicted octanol–water partition coefficient (Wildman–Crippen LogP) is 3.86. The minimum atomic E-state index is -0.263. The Kier molecular flexibility index (Phi) is 3.63. The first-order chi connectivity index (χ1) is 11.8. The molecule has 0 atom stereocenters. The van der Waals surface area contributed by atoms with E-state index in [1.165, 1.54) is 12.1 Å². The van der Waals surface area contributed by atoms with E-state index >= 15 is 0 Å². The molecule has 5 nitrogen and oxygen atoms in total. The molecular weight excluding hydrogens is 307 g/mol. The van der Waals surface area contributed by atoms with Crippen LogP contribution in [0.1, 0.15) is 11.5 Å². The van der Waals surface area contributed by atoms with Crippen LogP contribution in [0.25, 0.3) is 22.6 Å². The number of hydrogen-bond donors (Lipinski definition) is 1. The maximum atomic E-state index is 12.9. The summed E-state index contributed by atoms with van der Waals surface area (Å²) in [6.07, 6.45) is 2.17. The van der Waals surface area contributed by atoms with Crippen molar-refractivity contribution in [1.29, 1.82) is 0 Å². The van der Waals surface area contributed by atoms with Crippen LogP contribution < -0.4 is 0 Å². The largest absolute Gasteiger partial charge is 0.339 e. The maximum absolute atomic E-state index is 12.9. The van der Waals surface area contributed by atoms with Crippen LogP contribution in [0.3, 0.4) is 0 Å². The molecule has 0 aliphatic heterocycles. The first kappa shape index (κ1) is 14.3. The van der Waals surface area contributed by atoms with E-state index in [0.717, 1.165) is 22.4 Å². The lowest BCUT2D eigenvalue weighted by Crippen LogP contribution is -1.89. The van der Waals surface area contributed by atoms with E-state index in [0.29, 0.717) is 18.1 Å². The topological polar surface area (TPSA) is 67.6 Å². The molecule has 0 saturated carbocycles. The number of rotatable bonds is 4. The van der Waals surface area contributed by atoms with Gasteiger partial charge in [-0.3, -0.25) is 5.10 Å². The highest BCUT2D eigenvalue weighted by Gasteiger charge is 2.10. The fourth-order valence-corrected chi connectivity index (χ4v) is 2.46. The molecule has 0 amide bonds. The van der Waals surface area contributed by atoms with Gasteiger partial charge in [0.25, 0.3) is 0 Å². The Morgan fingerprint density at radius 3 is 2.62 bits per heavy atom. The van der Waals surface area contributed by atoms with Gasteiger partial charge in [-0.05, 0) is 29.8 Å². The van der Waals surface area contributed by atoms with Gasteiger partial charge in [0.1, 0.15) is 5.82 Å². The third-order valence-corrected chi connectivity index (χ3v) is 3.67. The highest BCUT2D eigenvalue weighted by Crippen LogP contribution is 2.23. The Morgan fingerprint density at radius 1 is 1.00 bits per heavy atom. The van der Waals surface area contributed by atoms with E-state index in [4.69, 9.17) is 4.52 Å². The molecule has 0 unspecified atom stereocenters. The first-order valence-electron chi connectivity index (χ1n) is 7.45. The van der Waals surface area contributed by atoms with Crippen molar-refractivity contribution in [3.8, 4) is 22.6 Å². The van der Waals surface area contributed by atoms with Crippen molar-refractivity contribution in [3.05, 3.63) is 78.1 Å². The van der Waals surface area contributed by atoms with Crippen molar-refractivity contribution in [2.24, 2.45) is 0 Å². The van der Waals surface area contributed by atoms with E-state index < -0.39 is 0 Å². The number of benzene rings is 2. The van der Waals surface area contributed by atoms with E-state index in [9.17, 15) is 4.39 Å². The normalized spacial score (nSPS) is 10.9. The Bertz CT molecular complexity index is 945. The zero-order chi connectivity index (χ0) is 16.4. The number of aromatic amines is 1. The summed E-state index contributed by atoms with van der Waals surface area (Å²) in [5.74, 6) is 0.748. The summed E-state index contributed by atoms with van der Waals surface area (Å²) in [6.45, 7) is 0. The zero-order valence-corrected chi connectivity index (χ0v) is 12.6. The molecular formula is C18H13FN4O. The minimum Gasteiger partial charge on any atom is -0.339 e. The molecule has 118 valence electrons. The summed E-state index contributed by atoms with van der Waals surface area (Å²) in [7, 11) is 0. The second kappa shape index (κ2) is 6.08. The average Bonchev–Trinajstić information content (AvgIpc) is 3.29. The molecule has 6 heteroatoms. The Hall–Kier alpha value is -3.28. The van der Waals surface area contributed by atoms with Gasteiger partial charge in [0.2, 0.25) is 11.7 Å². The maximum Gasteiger partial charge on any atom is 0.231 e. The Labute approximate surface area is 137 Å². The molecule has 0 spiro atoms. The monoisotopic (exact) mass is 320 g/mol. The van der Waals surface area contributed by atoms with Crippen LogP contribution in [0.15, 0.2) is 65.3 Å². The molecule has 0 radical (unpaired) electrons. The molecule has 2 heterocycles. The summed E-state index contributed by atoms with van der Waals surface area (Å²) < 4.78 is 18.3. The summed E-state index contributed by atoms with van der Waals surface area (Å²) in [5.41, 5.74) is 3.69. The molecule has 24 heavy (non-hydrogen) atoms. The van der Waals surface area contributed by atoms with E-state index in [1.54, 1.807) is 18.3 Å². The van der Waals surface area contributed by atoms with E-state index in [1.807, 2.05) is 30.3 Å². The average molecular weight is 320 g/mol. The summed E-state index contributed by atoms with van der Waals surface area (Å²) in [4.78, 5) is 4.42. The van der Waals surface area contributed by atoms with Gasteiger partial charge in [-0.1, -0.05) is 35.5 Å². The van der Waals surface area contributed by atoms with Crippen molar-refractivity contribution in [2.75, 3.05) is 0 Å². The van der Waals surface area contributed by atoms with Crippen molar-refractivity contribution < 1.29 is 8.91 Å². The Balaban J connectivity index is 1.58. The van der Waals surface area contributed by atoms with Crippen LogP contribution in [0.4, 0.5) is 4.39 Å². The lowest BCUT2D eigenvalue weighted by molar-refractivity contribution is 0.385. The molecule has 4 rings (SSSR count). The first-order valence-corrected chi connectivity index (χ1v) is 7.45. The quantitative estimate of drug-likeness (QED) is 0.620. The molecule has 0 bridgehead atoms. The van der Waals surface area contributed by atoms with Gasteiger partial charge < -0.3 is 4.52 Å². The van der Waals surface area contributed by atoms with E-state index in [-0.39, 0.29) is 5.82 Å². The van der Waals surface area contributed by atoms with Crippen LogP contribution >= 0.6 is 0 Å². The van der Waals surface area contributed by atoms with Gasteiger partial charge in [0, 0.05) is 17.3 Å². The number of aromatic nitrogens is 4. The zero-order valence-electron chi connectivity index (χ0n) is 12.6. The van der Waals surface area contributed by atoms with Crippen molar-refractivity contribution in [1.82, 2.24) is 20.3 Å². The van der Waals surface area contributed by atoms with Crippen molar-refractivity contribution >= 4 is 0 Å². The number of hydrogen-bond acceptors (Lipinski definition) is 4. The molecule has 2 aromatic carbocycles. The smallest absolute Gasteiger partial charge is 0.231 e. The van der Waals surface area contributed by atoms with Gasteiger partial charge >= 0.3 is 0 Å². The number of nitrogens with one attached hydrogen (secondary N) is 1. The standard InChI is InChI=1S/C18H13FN4O/c19-15-6-4-12(5-7-15)10-17-21-18(23-24-17)14-3-1-2-13(11-14)16-8-9-20-22-16/h1-9,11H,10H2,(H,20,22). The van der Waals surface area contributed by atoms with Gasteiger partial charge in [-0.15, -0.1) is 0 Å². The molecule has 4 aromatic rings. The molecule has 0 saturated heterocycles. The van der Waals surface area contributed by atoms with Crippen molar-refractivity contribution in [3.63, 3.8) is 0 Å². The second-order valence-corrected chi connectivity index (χ2v) is 5.37.